The molecule has 0 saturated carbocycles. The molecule has 3 aromatic rings. The summed E-state index contributed by atoms with van der Waals surface area (Å²) in [6.45, 7) is 5.19. The number of hydrogen-bond acceptors (Lipinski definition) is 8. The van der Waals surface area contributed by atoms with Crippen LogP contribution in [-0.2, 0) is 13.2 Å². The highest BCUT2D eigenvalue weighted by Gasteiger charge is 2.15. The normalized spacial score (nSPS) is 10.6. The third-order valence-corrected chi connectivity index (χ3v) is 3.91. The van der Waals surface area contributed by atoms with E-state index < -0.39 is 10.9 Å². The van der Waals surface area contributed by atoms with E-state index in [9.17, 15) is 14.9 Å². The molecule has 0 fully saturated rings. The van der Waals surface area contributed by atoms with Crippen LogP contribution in [0.4, 0.5) is 5.95 Å². The summed E-state index contributed by atoms with van der Waals surface area (Å²) in [6, 6.07) is 7.03. The van der Waals surface area contributed by atoms with E-state index in [2.05, 4.69) is 20.5 Å². The molecule has 0 aliphatic heterocycles. The minimum absolute atomic E-state index is 0.0880. The van der Waals surface area contributed by atoms with E-state index in [0.717, 1.165) is 5.56 Å². The van der Waals surface area contributed by atoms with Crippen LogP contribution in [-0.4, -0.2) is 48.6 Å². The van der Waals surface area contributed by atoms with Gasteiger partial charge in [0.05, 0.1) is 13.2 Å². The summed E-state index contributed by atoms with van der Waals surface area (Å²) in [6.07, 6.45) is 2.80. The van der Waals surface area contributed by atoms with Gasteiger partial charge in [-0.2, -0.15) is 9.78 Å². The van der Waals surface area contributed by atoms with Crippen molar-refractivity contribution in [1.82, 2.24) is 29.9 Å². The van der Waals surface area contributed by atoms with Crippen molar-refractivity contribution in [3.8, 4) is 11.5 Å². The molecule has 3 rings (SSSR count). The molecule has 0 spiro atoms. The zero-order valence-electron chi connectivity index (χ0n) is 16.5. The Morgan fingerprint density at radius 2 is 1.90 bits per heavy atom. The predicted molar refractivity (Wildman–Crippen MR) is 104 cm³/mol. The van der Waals surface area contributed by atoms with E-state index in [1.807, 2.05) is 32.0 Å². The van der Waals surface area contributed by atoms with Gasteiger partial charge in [-0.1, -0.05) is 11.1 Å². The van der Waals surface area contributed by atoms with E-state index in [-0.39, 0.29) is 24.8 Å². The molecule has 0 aliphatic rings. The van der Waals surface area contributed by atoms with Gasteiger partial charge < -0.3 is 24.9 Å². The molecule has 0 saturated heterocycles. The van der Waals surface area contributed by atoms with Crippen molar-refractivity contribution < 1.29 is 19.2 Å². The monoisotopic (exact) mass is 415 g/mol. The Morgan fingerprint density at radius 3 is 2.60 bits per heavy atom. The SMILES string of the molecule is CCOc1ccc(CNC(=O)c2ccn(Cn3cnc([N+](=O)[O-])n3)n2)cc1OCC. The molecular weight excluding hydrogens is 394 g/mol. The molecule has 158 valence electrons. The summed E-state index contributed by atoms with van der Waals surface area (Å²) >= 11 is 0. The molecule has 1 aromatic carbocycles. The summed E-state index contributed by atoms with van der Waals surface area (Å²) in [7, 11) is 0. The molecule has 0 unspecified atom stereocenters. The van der Waals surface area contributed by atoms with E-state index in [1.54, 1.807) is 12.3 Å². The van der Waals surface area contributed by atoms with Crippen LogP contribution in [0.25, 0.3) is 0 Å². The number of carbonyl (C=O) groups is 1. The second-order valence-corrected chi connectivity index (χ2v) is 6.05. The molecule has 1 amide bonds. The number of aromatic nitrogens is 5. The first-order valence-corrected chi connectivity index (χ1v) is 9.24. The number of rotatable bonds is 10. The highest BCUT2D eigenvalue weighted by Crippen LogP contribution is 2.28. The van der Waals surface area contributed by atoms with Crippen molar-refractivity contribution in [2.75, 3.05) is 13.2 Å². The number of hydrogen-bond donors (Lipinski definition) is 1. The van der Waals surface area contributed by atoms with Crippen LogP contribution in [0.3, 0.4) is 0 Å². The summed E-state index contributed by atoms with van der Waals surface area (Å²) in [5, 5.41) is 21.3. The number of benzene rings is 1. The number of carbonyl (C=O) groups excluding carboxylic acids is 1. The Labute approximate surface area is 171 Å². The van der Waals surface area contributed by atoms with E-state index in [0.29, 0.717) is 24.7 Å². The zero-order valence-corrected chi connectivity index (χ0v) is 16.5. The quantitative estimate of drug-likeness (QED) is 0.389. The maximum atomic E-state index is 12.4. The lowest BCUT2D eigenvalue weighted by atomic mass is 10.2. The van der Waals surface area contributed by atoms with E-state index in [4.69, 9.17) is 9.47 Å². The van der Waals surface area contributed by atoms with Gasteiger partial charge in [-0.25, -0.2) is 4.68 Å². The Morgan fingerprint density at radius 1 is 1.13 bits per heavy atom. The Kier molecular flexibility index (Phi) is 6.57. The number of ether oxygens (including phenoxy) is 2. The number of nitrogens with zero attached hydrogens (tertiary/aromatic N) is 6. The van der Waals surface area contributed by atoms with E-state index >= 15 is 0 Å². The second kappa shape index (κ2) is 9.49. The van der Waals surface area contributed by atoms with Crippen molar-refractivity contribution in [3.63, 3.8) is 0 Å². The van der Waals surface area contributed by atoms with Gasteiger partial charge in [0.1, 0.15) is 5.69 Å². The fourth-order valence-corrected chi connectivity index (χ4v) is 2.62. The number of nitrogens with one attached hydrogen (secondary N) is 1. The standard InChI is InChI=1S/C18H21N7O5/c1-3-29-15-6-5-13(9-16(15)30-4-2)10-19-17(26)14-7-8-23(21-14)12-24-11-20-18(22-24)25(27)28/h5-9,11H,3-4,10,12H2,1-2H3,(H,19,26). The smallest absolute Gasteiger partial charge is 0.490 e. The van der Waals surface area contributed by atoms with Gasteiger partial charge in [0.15, 0.2) is 18.2 Å². The average molecular weight is 415 g/mol. The summed E-state index contributed by atoms with van der Waals surface area (Å²) in [4.78, 5) is 25.9. The van der Waals surface area contributed by atoms with Gasteiger partial charge in [-0.15, -0.1) is 0 Å². The van der Waals surface area contributed by atoms with Crippen molar-refractivity contribution in [2.45, 2.75) is 27.1 Å². The first-order valence-electron chi connectivity index (χ1n) is 9.24. The summed E-state index contributed by atoms with van der Waals surface area (Å²) < 4.78 is 13.8. The van der Waals surface area contributed by atoms with Crippen LogP contribution in [0.15, 0.2) is 36.8 Å². The highest BCUT2D eigenvalue weighted by atomic mass is 16.6. The molecule has 2 aromatic heterocycles. The van der Waals surface area contributed by atoms with E-state index in [1.165, 1.54) is 15.7 Å². The molecule has 0 atom stereocenters. The predicted octanol–water partition coefficient (Wildman–Crippen LogP) is 1.62. The number of nitro groups is 1. The largest absolute Gasteiger partial charge is 0.491 e. The second-order valence-electron chi connectivity index (χ2n) is 6.05. The van der Waals surface area contributed by atoms with Crippen LogP contribution in [0.5, 0.6) is 11.5 Å². The highest BCUT2D eigenvalue weighted by molar-refractivity contribution is 5.92. The van der Waals surface area contributed by atoms with Crippen molar-refractivity contribution in [3.05, 3.63) is 58.2 Å². The fraction of sp³-hybridized carbons (Fsp3) is 0.333. The molecule has 30 heavy (non-hydrogen) atoms. The molecule has 12 heteroatoms. The summed E-state index contributed by atoms with van der Waals surface area (Å²) in [5.74, 6) is 0.422. The molecule has 0 radical (unpaired) electrons. The lowest BCUT2D eigenvalue weighted by Gasteiger charge is -2.12. The van der Waals surface area contributed by atoms with Crippen LogP contribution in [0.1, 0.15) is 29.9 Å². The van der Waals surface area contributed by atoms with Gasteiger partial charge in [0, 0.05) is 17.8 Å². The Hall–Kier alpha value is -3.96. The summed E-state index contributed by atoms with van der Waals surface area (Å²) in [5.41, 5.74) is 1.06. The molecule has 1 N–H and O–H groups in total. The van der Waals surface area contributed by atoms with Gasteiger partial charge >= 0.3 is 5.95 Å². The molecule has 0 bridgehead atoms. The first-order chi connectivity index (χ1) is 14.5. The Bertz CT molecular complexity index is 1030. The lowest BCUT2D eigenvalue weighted by Crippen LogP contribution is -2.23. The van der Waals surface area contributed by atoms with Gasteiger partial charge in [-0.05, 0) is 42.5 Å². The van der Waals surface area contributed by atoms with Crippen molar-refractivity contribution >= 4 is 11.9 Å². The fourth-order valence-electron chi connectivity index (χ4n) is 2.62. The molecule has 2 heterocycles. The van der Waals surface area contributed by atoms with Crippen molar-refractivity contribution in [1.29, 1.82) is 0 Å². The van der Waals surface area contributed by atoms with Gasteiger partial charge in [0.25, 0.3) is 5.91 Å². The third-order valence-electron chi connectivity index (χ3n) is 3.91. The van der Waals surface area contributed by atoms with Crippen molar-refractivity contribution in [2.24, 2.45) is 0 Å². The first kappa shape index (κ1) is 20.8. The Balaban J connectivity index is 1.60. The molecule has 0 aliphatic carbocycles. The zero-order chi connectivity index (χ0) is 21.5. The van der Waals surface area contributed by atoms with Crippen LogP contribution in [0, 0.1) is 10.1 Å². The minimum Gasteiger partial charge on any atom is -0.490 e. The number of amides is 1. The topological polar surface area (TPSA) is 139 Å². The molecular formula is C18H21N7O5. The van der Waals surface area contributed by atoms with Crippen LogP contribution >= 0.6 is 0 Å². The van der Waals surface area contributed by atoms with Gasteiger partial charge in [-0.3, -0.25) is 4.79 Å². The average Bonchev–Trinajstić information content (AvgIpc) is 3.38. The maximum Gasteiger partial charge on any atom is 0.491 e. The van der Waals surface area contributed by atoms with Crippen LogP contribution in [0.2, 0.25) is 0 Å². The van der Waals surface area contributed by atoms with Crippen LogP contribution < -0.4 is 14.8 Å². The maximum absolute atomic E-state index is 12.4. The third kappa shape index (κ3) is 5.10. The molecule has 12 nitrogen and oxygen atoms in total. The van der Waals surface area contributed by atoms with Gasteiger partial charge in [0.2, 0.25) is 6.33 Å². The minimum atomic E-state index is -0.684. The lowest BCUT2D eigenvalue weighted by molar-refractivity contribution is -0.394.